The maximum absolute atomic E-state index is 12.4. The minimum atomic E-state index is -0.908. The molecule has 1 aromatic rings. The van der Waals surface area contributed by atoms with Gasteiger partial charge >= 0.3 is 0 Å². The Kier molecular flexibility index (Phi) is 3.17. The van der Waals surface area contributed by atoms with E-state index < -0.39 is 5.54 Å². The van der Waals surface area contributed by atoms with E-state index in [4.69, 9.17) is 17.2 Å². The number of nitrogens with two attached hydrogens (primary N) is 3. The third kappa shape index (κ3) is 2.18. The molecule has 0 spiro atoms. The summed E-state index contributed by atoms with van der Waals surface area (Å²) in [5.74, 6) is -0.0651. The molecule has 2 atom stereocenters. The van der Waals surface area contributed by atoms with Crippen LogP contribution in [0.25, 0.3) is 0 Å². The summed E-state index contributed by atoms with van der Waals surface area (Å²) in [6.07, 6.45) is 3.49. The molecule has 92 valence electrons. The lowest BCUT2D eigenvalue weighted by atomic mass is 9.74. The van der Waals surface area contributed by atoms with Gasteiger partial charge in [-0.15, -0.1) is 0 Å². The first-order valence-electron chi connectivity index (χ1n) is 5.99. The van der Waals surface area contributed by atoms with Gasteiger partial charge < -0.3 is 17.2 Å². The second kappa shape index (κ2) is 4.47. The Morgan fingerprint density at radius 3 is 2.47 bits per heavy atom. The van der Waals surface area contributed by atoms with Gasteiger partial charge in [0.1, 0.15) is 0 Å². The summed E-state index contributed by atoms with van der Waals surface area (Å²) in [5.41, 5.74) is 18.1. The number of carbonyl (C=O) groups excluding carboxylic acids is 1. The molecule has 0 saturated heterocycles. The van der Waals surface area contributed by atoms with Crippen molar-refractivity contribution in [1.29, 1.82) is 0 Å². The molecule has 0 aliphatic heterocycles. The quantitative estimate of drug-likeness (QED) is 0.525. The highest BCUT2D eigenvalue weighted by Gasteiger charge is 2.41. The zero-order valence-electron chi connectivity index (χ0n) is 9.86. The molecule has 1 aliphatic carbocycles. The van der Waals surface area contributed by atoms with Gasteiger partial charge in [0, 0.05) is 17.3 Å². The maximum atomic E-state index is 12.4. The molecule has 17 heavy (non-hydrogen) atoms. The number of hydrogen-bond acceptors (Lipinski definition) is 4. The number of rotatable bonds is 2. The summed E-state index contributed by atoms with van der Waals surface area (Å²) in [5, 5.41) is 0. The molecular weight excluding hydrogens is 214 g/mol. The number of benzene rings is 1. The Morgan fingerprint density at radius 2 is 1.88 bits per heavy atom. The fourth-order valence-corrected chi connectivity index (χ4v) is 2.41. The molecule has 0 aromatic heterocycles. The van der Waals surface area contributed by atoms with Crippen molar-refractivity contribution in [2.75, 3.05) is 5.73 Å². The van der Waals surface area contributed by atoms with E-state index in [0.717, 1.165) is 19.3 Å². The summed E-state index contributed by atoms with van der Waals surface area (Å²) < 4.78 is 0. The molecule has 1 fully saturated rings. The maximum Gasteiger partial charge on any atom is 0.184 e. The van der Waals surface area contributed by atoms with E-state index in [9.17, 15) is 4.79 Å². The predicted molar refractivity (Wildman–Crippen MR) is 68.5 cm³/mol. The topological polar surface area (TPSA) is 95.1 Å². The monoisotopic (exact) mass is 233 g/mol. The predicted octanol–water partition coefficient (Wildman–Crippen LogP) is 1.05. The largest absolute Gasteiger partial charge is 0.399 e. The summed E-state index contributed by atoms with van der Waals surface area (Å²) >= 11 is 0. The molecule has 1 aliphatic rings. The van der Waals surface area contributed by atoms with E-state index >= 15 is 0 Å². The van der Waals surface area contributed by atoms with Crippen molar-refractivity contribution in [2.45, 2.75) is 37.3 Å². The van der Waals surface area contributed by atoms with Crippen LogP contribution >= 0.6 is 0 Å². The normalized spacial score (nSPS) is 28.9. The molecule has 4 nitrogen and oxygen atoms in total. The molecule has 1 saturated carbocycles. The van der Waals surface area contributed by atoms with E-state index in [1.807, 2.05) is 0 Å². The van der Waals surface area contributed by atoms with Crippen molar-refractivity contribution in [3.05, 3.63) is 29.8 Å². The third-order valence-electron chi connectivity index (χ3n) is 3.61. The number of carbonyl (C=O) groups is 1. The zero-order chi connectivity index (χ0) is 12.5. The molecule has 0 radical (unpaired) electrons. The first-order chi connectivity index (χ1) is 8.04. The Morgan fingerprint density at radius 1 is 1.24 bits per heavy atom. The minimum absolute atomic E-state index is 0.0651. The minimum Gasteiger partial charge on any atom is -0.399 e. The highest BCUT2D eigenvalue weighted by molar-refractivity contribution is 6.04. The summed E-state index contributed by atoms with van der Waals surface area (Å²) in [7, 11) is 0. The standard InChI is InChI=1S/C13H19N3O/c14-10-6-4-9(5-7-10)12(17)13(16)8-2-1-3-11(13)15/h4-7,11H,1-3,8,14-16H2. The molecular formula is C13H19N3O. The van der Waals surface area contributed by atoms with Gasteiger partial charge in [-0.05, 0) is 37.1 Å². The Bertz CT molecular complexity index is 415. The Labute approximate surface area is 101 Å². The van der Waals surface area contributed by atoms with Crippen LogP contribution in [0.1, 0.15) is 36.0 Å². The van der Waals surface area contributed by atoms with Crippen molar-refractivity contribution < 1.29 is 4.79 Å². The smallest absolute Gasteiger partial charge is 0.184 e. The Balaban J connectivity index is 2.26. The molecule has 6 N–H and O–H groups in total. The first kappa shape index (κ1) is 12.1. The van der Waals surface area contributed by atoms with Gasteiger partial charge in [-0.2, -0.15) is 0 Å². The lowest BCUT2D eigenvalue weighted by molar-refractivity contribution is 0.0823. The van der Waals surface area contributed by atoms with Crippen molar-refractivity contribution in [2.24, 2.45) is 11.5 Å². The second-order valence-corrected chi connectivity index (χ2v) is 4.84. The van der Waals surface area contributed by atoms with Crippen molar-refractivity contribution >= 4 is 11.5 Å². The highest BCUT2D eigenvalue weighted by Crippen LogP contribution is 2.28. The van der Waals surface area contributed by atoms with Crippen molar-refractivity contribution in [1.82, 2.24) is 0 Å². The zero-order valence-corrected chi connectivity index (χ0v) is 9.86. The number of anilines is 1. The van der Waals surface area contributed by atoms with Gasteiger partial charge in [0.15, 0.2) is 5.78 Å². The average molecular weight is 233 g/mol. The number of nitrogen functional groups attached to an aromatic ring is 1. The van der Waals surface area contributed by atoms with Crippen LogP contribution in [-0.4, -0.2) is 17.4 Å². The molecule has 0 amide bonds. The van der Waals surface area contributed by atoms with Crippen LogP contribution < -0.4 is 17.2 Å². The van der Waals surface area contributed by atoms with Crippen LogP contribution in [-0.2, 0) is 0 Å². The van der Waals surface area contributed by atoms with Gasteiger partial charge in [0.2, 0.25) is 0 Å². The third-order valence-corrected chi connectivity index (χ3v) is 3.61. The fraction of sp³-hybridized carbons (Fsp3) is 0.462. The second-order valence-electron chi connectivity index (χ2n) is 4.84. The molecule has 2 unspecified atom stereocenters. The molecule has 2 rings (SSSR count). The molecule has 0 heterocycles. The van der Waals surface area contributed by atoms with E-state index in [2.05, 4.69) is 0 Å². The fourth-order valence-electron chi connectivity index (χ4n) is 2.41. The molecule has 4 heteroatoms. The lowest BCUT2D eigenvalue weighted by Crippen LogP contribution is -2.62. The van der Waals surface area contributed by atoms with E-state index in [-0.39, 0.29) is 11.8 Å². The van der Waals surface area contributed by atoms with Crippen molar-refractivity contribution in [3.63, 3.8) is 0 Å². The Hall–Kier alpha value is -1.39. The van der Waals surface area contributed by atoms with Gasteiger partial charge in [0.05, 0.1) is 5.54 Å². The highest BCUT2D eigenvalue weighted by atomic mass is 16.1. The van der Waals surface area contributed by atoms with Crippen LogP contribution in [0.15, 0.2) is 24.3 Å². The van der Waals surface area contributed by atoms with Gasteiger partial charge in [-0.3, -0.25) is 4.79 Å². The van der Waals surface area contributed by atoms with Crippen LogP contribution in [0.4, 0.5) is 5.69 Å². The van der Waals surface area contributed by atoms with Crippen LogP contribution in [0.2, 0.25) is 0 Å². The number of Topliss-reactive ketones (excluding diaryl/α,β-unsaturated/α-hetero) is 1. The van der Waals surface area contributed by atoms with Gasteiger partial charge in [0.25, 0.3) is 0 Å². The van der Waals surface area contributed by atoms with Crippen molar-refractivity contribution in [3.8, 4) is 0 Å². The van der Waals surface area contributed by atoms with Crippen LogP contribution in [0.3, 0.4) is 0 Å². The van der Waals surface area contributed by atoms with Crippen LogP contribution in [0.5, 0.6) is 0 Å². The van der Waals surface area contributed by atoms with Crippen LogP contribution in [0, 0.1) is 0 Å². The summed E-state index contributed by atoms with van der Waals surface area (Å²) in [6.45, 7) is 0. The number of ketones is 1. The molecule has 0 bridgehead atoms. The number of hydrogen-bond donors (Lipinski definition) is 3. The van der Waals surface area contributed by atoms with E-state index in [1.165, 1.54) is 0 Å². The van der Waals surface area contributed by atoms with E-state index in [1.54, 1.807) is 24.3 Å². The molecule has 1 aromatic carbocycles. The summed E-state index contributed by atoms with van der Waals surface area (Å²) in [4.78, 5) is 12.4. The average Bonchev–Trinajstić information content (AvgIpc) is 2.33. The first-order valence-corrected chi connectivity index (χ1v) is 5.99. The summed E-state index contributed by atoms with van der Waals surface area (Å²) in [6, 6.07) is 6.61. The SMILES string of the molecule is Nc1ccc(C(=O)C2(N)CCCCC2N)cc1. The van der Waals surface area contributed by atoms with Gasteiger partial charge in [-0.25, -0.2) is 0 Å². The van der Waals surface area contributed by atoms with E-state index in [0.29, 0.717) is 17.7 Å². The lowest BCUT2D eigenvalue weighted by Gasteiger charge is -2.37. The van der Waals surface area contributed by atoms with Gasteiger partial charge in [-0.1, -0.05) is 12.8 Å².